The SMILES string of the molecule is CC(C)=CCSc1ccc(F)cc1. The Morgan fingerprint density at radius 2 is 1.92 bits per heavy atom. The molecule has 0 radical (unpaired) electrons. The van der Waals surface area contributed by atoms with Gasteiger partial charge in [-0.05, 0) is 38.1 Å². The molecule has 0 fully saturated rings. The summed E-state index contributed by atoms with van der Waals surface area (Å²) in [6.07, 6.45) is 2.16. The third-order valence-corrected chi connectivity index (χ3v) is 2.49. The van der Waals surface area contributed by atoms with Crippen LogP contribution in [-0.4, -0.2) is 5.75 Å². The van der Waals surface area contributed by atoms with Crippen LogP contribution >= 0.6 is 11.8 Å². The van der Waals surface area contributed by atoms with Gasteiger partial charge >= 0.3 is 0 Å². The van der Waals surface area contributed by atoms with Gasteiger partial charge < -0.3 is 0 Å². The Bertz CT molecular complexity index is 283. The molecule has 0 spiro atoms. The topological polar surface area (TPSA) is 0 Å². The highest BCUT2D eigenvalue weighted by Gasteiger charge is 1.92. The highest BCUT2D eigenvalue weighted by Crippen LogP contribution is 2.18. The Hall–Kier alpha value is -0.760. The van der Waals surface area contributed by atoms with Gasteiger partial charge in [0.1, 0.15) is 5.82 Å². The molecule has 0 saturated carbocycles. The zero-order valence-electron chi connectivity index (χ0n) is 7.88. The van der Waals surface area contributed by atoms with Crippen molar-refractivity contribution in [3.8, 4) is 0 Å². The lowest BCUT2D eigenvalue weighted by atomic mass is 10.3. The summed E-state index contributed by atoms with van der Waals surface area (Å²) < 4.78 is 12.5. The second-order valence-corrected chi connectivity index (χ2v) is 4.14. The van der Waals surface area contributed by atoms with E-state index in [0.717, 1.165) is 10.6 Å². The molecule has 70 valence electrons. The van der Waals surface area contributed by atoms with Gasteiger partial charge in [0.15, 0.2) is 0 Å². The van der Waals surface area contributed by atoms with Crippen LogP contribution in [0, 0.1) is 5.82 Å². The molecule has 1 aromatic rings. The van der Waals surface area contributed by atoms with Crippen molar-refractivity contribution < 1.29 is 4.39 Å². The molecule has 13 heavy (non-hydrogen) atoms. The van der Waals surface area contributed by atoms with Crippen LogP contribution in [0.1, 0.15) is 13.8 Å². The van der Waals surface area contributed by atoms with Crippen LogP contribution in [0.3, 0.4) is 0 Å². The summed E-state index contributed by atoms with van der Waals surface area (Å²) in [4.78, 5) is 1.11. The van der Waals surface area contributed by atoms with Crippen molar-refractivity contribution in [3.63, 3.8) is 0 Å². The maximum atomic E-state index is 12.5. The minimum absolute atomic E-state index is 0.174. The van der Waals surface area contributed by atoms with E-state index in [4.69, 9.17) is 0 Å². The zero-order chi connectivity index (χ0) is 9.68. The molecule has 0 nitrogen and oxygen atoms in total. The fourth-order valence-electron chi connectivity index (χ4n) is 0.835. The first-order valence-electron chi connectivity index (χ1n) is 4.20. The second-order valence-electron chi connectivity index (χ2n) is 3.05. The van der Waals surface area contributed by atoms with E-state index < -0.39 is 0 Å². The highest BCUT2D eigenvalue weighted by atomic mass is 32.2. The van der Waals surface area contributed by atoms with E-state index in [0.29, 0.717) is 0 Å². The largest absolute Gasteiger partial charge is 0.207 e. The smallest absolute Gasteiger partial charge is 0.123 e. The lowest BCUT2D eigenvalue weighted by Gasteiger charge is -1.97. The molecule has 0 amide bonds. The molecule has 0 aliphatic rings. The van der Waals surface area contributed by atoms with Gasteiger partial charge in [-0.3, -0.25) is 0 Å². The van der Waals surface area contributed by atoms with Gasteiger partial charge in [-0.25, -0.2) is 4.39 Å². The molecule has 0 saturated heterocycles. The molecule has 0 bridgehead atoms. The maximum absolute atomic E-state index is 12.5. The molecule has 0 aliphatic heterocycles. The van der Waals surface area contributed by atoms with Crippen LogP contribution in [0.4, 0.5) is 4.39 Å². The standard InChI is InChI=1S/C11H13FS/c1-9(2)7-8-13-11-5-3-10(12)4-6-11/h3-7H,8H2,1-2H3. The van der Waals surface area contributed by atoms with E-state index in [1.54, 1.807) is 23.9 Å². The molecular weight excluding hydrogens is 183 g/mol. The first kappa shape index (κ1) is 10.3. The number of hydrogen-bond acceptors (Lipinski definition) is 1. The number of rotatable bonds is 3. The molecule has 0 atom stereocenters. The minimum atomic E-state index is -0.174. The van der Waals surface area contributed by atoms with Crippen LogP contribution < -0.4 is 0 Å². The maximum Gasteiger partial charge on any atom is 0.123 e. The van der Waals surface area contributed by atoms with Gasteiger partial charge in [0, 0.05) is 10.6 Å². The van der Waals surface area contributed by atoms with E-state index in [-0.39, 0.29) is 5.82 Å². The predicted octanol–water partition coefficient (Wildman–Crippen LogP) is 3.88. The third kappa shape index (κ3) is 4.13. The molecule has 0 unspecified atom stereocenters. The average Bonchev–Trinajstić information content (AvgIpc) is 2.08. The Morgan fingerprint density at radius 3 is 2.46 bits per heavy atom. The molecule has 2 heteroatoms. The van der Waals surface area contributed by atoms with Gasteiger partial charge in [-0.15, -0.1) is 11.8 Å². The predicted molar refractivity (Wildman–Crippen MR) is 56.6 cm³/mol. The summed E-state index contributed by atoms with van der Waals surface area (Å²) in [7, 11) is 0. The minimum Gasteiger partial charge on any atom is -0.207 e. The highest BCUT2D eigenvalue weighted by molar-refractivity contribution is 7.99. The molecular formula is C11H13FS. The molecule has 0 N–H and O–H groups in total. The van der Waals surface area contributed by atoms with E-state index in [9.17, 15) is 4.39 Å². The van der Waals surface area contributed by atoms with Crippen molar-refractivity contribution in [2.24, 2.45) is 0 Å². The number of thioether (sulfide) groups is 1. The number of hydrogen-bond donors (Lipinski definition) is 0. The van der Waals surface area contributed by atoms with E-state index in [1.165, 1.54) is 17.7 Å². The number of halogens is 1. The van der Waals surface area contributed by atoms with Crippen molar-refractivity contribution in [2.75, 3.05) is 5.75 Å². The summed E-state index contributed by atoms with van der Waals surface area (Å²) in [5.74, 6) is 0.778. The molecule has 0 heterocycles. The number of allylic oxidation sites excluding steroid dienone is 1. The lowest BCUT2D eigenvalue weighted by molar-refractivity contribution is 0.626. The van der Waals surface area contributed by atoms with Gasteiger partial charge in [-0.2, -0.15) is 0 Å². The third-order valence-electron chi connectivity index (χ3n) is 1.56. The van der Waals surface area contributed by atoms with E-state index in [2.05, 4.69) is 19.9 Å². The van der Waals surface area contributed by atoms with Gasteiger partial charge in [-0.1, -0.05) is 11.6 Å². The quantitative estimate of drug-likeness (QED) is 0.522. The summed E-state index contributed by atoms with van der Waals surface area (Å²) in [6, 6.07) is 6.59. The Kier molecular flexibility index (Phi) is 4.03. The van der Waals surface area contributed by atoms with Crippen LogP contribution in [0.15, 0.2) is 40.8 Å². The van der Waals surface area contributed by atoms with Crippen molar-refractivity contribution in [3.05, 3.63) is 41.7 Å². The Balaban J connectivity index is 2.46. The number of benzene rings is 1. The molecule has 0 aliphatic carbocycles. The van der Waals surface area contributed by atoms with E-state index in [1.807, 2.05) is 0 Å². The first-order valence-corrected chi connectivity index (χ1v) is 5.19. The fourth-order valence-corrected chi connectivity index (χ4v) is 1.77. The van der Waals surface area contributed by atoms with Gasteiger partial charge in [0.2, 0.25) is 0 Å². The van der Waals surface area contributed by atoms with Crippen LogP contribution in [0.2, 0.25) is 0 Å². The van der Waals surface area contributed by atoms with Gasteiger partial charge in [0.05, 0.1) is 0 Å². The average molecular weight is 196 g/mol. The van der Waals surface area contributed by atoms with Crippen molar-refractivity contribution >= 4 is 11.8 Å². The van der Waals surface area contributed by atoms with Crippen LogP contribution in [0.25, 0.3) is 0 Å². The second kappa shape index (κ2) is 5.07. The summed E-state index contributed by atoms with van der Waals surface area (Å²) >= 11 is 1.71. The first-order chi connectivity index (χ1) is 6.18. The molecule has 1 rings (SSSR count). The van der Waals surface area contributed by atoms with Crippen molar-refractivity contribution in [2.45, 2.75) is 18.7 Å². The lowest BCUT2D eigenvalue weighted by Crippen LogP contribution is -1.77. The van der Waals surface area contributed by atoms with Crippen molar-refractivity contribution in [1.82, 2.24) is 0 Å². The van der Waals surface area contributed by atoms with Gasteiger partial charge in [0.25, 0.3) is 0 Å². The monoisotopic (exact) mass is 196 g/mol. The van der Waals surface area contributed by atoms with Crippen LogP contribution in [0.5, 0.6) is 0 Å². The Morgan fingerprint density at radius 1 is 1.31 bits per heavy atom. The molecule has 1 aromatic carbocycles. The fraction of sp³-hybridized carbons (Fsp3) is 0.273. The summed E-state index contributed by atoms with van der Waals surface area (Å²) in [5, 5.41) is 0. The van der Waals surface area contributed by atoms with Crippen LogP contribution in [-0.2, 0) is 0 Å². The van der Waals surface area contributed by atoms with Crippen molar-refractivity contribution in [1.29, 1.82) is 0 Å². The summed E-state index contributed by atoms with van der Waals surface area (Å²) in [5.41, 5.74) is 1.31. The normalized spacial score (nSPS) is 9.77. The Labute approximate surface area is 82.9 Å². The zero-order valence-corrected chi connectivity index (χ0v) is 8.70. The molecule has 0 aromatic heterocycles. The van der Waals surface area contributed by atoms with E-state index >= 15 is 0 Å². The summed E-state index contributed by atoms with van der Waals surface area (Å²) in [6.45, 7) is 4.15.